The van der Waals surface area contributed by atoms with Crippen molar-refractivity contribution in [1.82, 2.24) is 24.7 Å². The number of rotatable bonds is 7. The van der Waals surface area contributed by atoms with Crippen molar-refractivity contribution in [2.75, 3.05) is 63.8 Å². The number of piperazine rings is 2. The highest BCUT2D eigenvalue weighted by molar-refractivity contribution is 5.84. The lowest BCUT2D eigenvalue weighted by Crippen LogP contribution is -2.53. The third kappa shape index (κ3) is 6.80. The molecule has 3 aliphatic rings. The summed E-state index contributed by atoms with van der Waals surface area (Å²) in [7, 11) is 0. The van der Waals surface area contributed by atoms with Crippen molar-refractivity contribution in [3.05, 3.63) is 46.7 Å². The first-order chi connectivity index (χ1) is 19.9. The molecule has 0 bridgehead atoms. The van der Waals surface area contributed by atoms with Crippen molar-refractivity contribution in [3.63, 3.8) is 0 Å². The van der Waals surface area contributed by atoms with Crippen molar-refractivity contribution in [2.45, 2.75) is 64.8 Å². The lowest BCUT2D eigenvalue weighted by Gasteiger charge is -2.40. The van der Waals surface area contributed by atoms with E-state index in [-0.39, 0.29) is 5.91 Å². The second-order valence-corrected chi connectivity index (χ2v) is 11.9. The number of nitrogens with zero attached hydrogens (tertiary/aromatic N) is 6. The monoisotopic (exact) mass is 592 g/mol. The van der Waals surface area contributed by atoms with Crippen molar-refractivity contribution >= 4 is 11.7 Å². The molecule has 0 unspecified atom stereocenters. The van der Waals surface area contributed by atoms with E-state index < -0.39 is 23.8 Å². The summed E-state index contributed by atoms with van der Waals surface area (Å²) in [5.74, 6) is -0.831. The number of aromatic nitrogens is 2. The number of anilines is 1. The highest BCUT2D eigenvalue weighted by atomic mass is 19.4. The van der Waals surface area contributed by atoms with E-state index in [2.05, 4.69) is 45.2 Å². The summed E-state index contributed by atoms with van der Waals surface area (Å²) >= 11 is 0. The van der Waals surface area contributed by atoms with Crippen LogP contribution >= 0.6 is 0 Å². The number of halogens is 4. The van der Waals surface area contributed by atoms with Gasteiger partial charge in [-0.2, -0.15) is 0 Å². The van der Waals surface area contributed by atoms with Gasteiger partial charge in [0.25, 0.3) is 0 Å². The van der Waals surface area contributed by atoms with Gasteiger partial charge in [0.2, 0.25) is 5.91 Å². The van der Waals surface area contributed by atoms with Gasteiger partial charge in [-0.05, 0) is 57.2 Å². The van der Waals surface area contributed by atoms with E-state index in [9.17, 15) is 22.4 Å². The maximum atomic E-state index is 14.8. The molecular weight excluding hydrogens is 552 g/mol. The van der Waals surface area contributed by atoms with E-state index in [0.717, 1.165) is 68.5 Å². The Bertz CT molecular complexity index is 1270. The molecule has 0 N–H and O–H groups in total. The molecule has 12 heteroatoms. The Labute approximate surface area is 244 Å². The third-order valence-corrected chi connectivity index (χ3v) is 8.77. The van der Waals surface area contributed by atoms with Crippen LogP contribution in [0.25, 0.3) is 0 Å². The number of fused-ring (bicyclic) bond motifs is 1. The Kier molecular flexibility index (Phi) is 8.94. The molecular formula is C30H40F4N6O2. The Morgan fingerprint density at radius 2 is 1.74 bits per heavy atom. The Hall–Kier alpha value is -2.99. The average molecular weight is 593 g/mol. The van der Waals surface area contributed by atoms with Gasteiger partial charge >= 0.3 is 6.36 Å². The summed E-state index contributed by atoms with van der Waals surface area (Å²) in [5.41, 5.74) is 2.66. The zero-order valence-corrected chi connectivity index (χ0v) is 24.8. The fourth-order valence-corrected chi connectivity index (χ4v) is 6.40. The van der Waals surface area contributed by atoms with Crippen LogP contribution in [0.4, 0.5) is 23.4 Å². The summed E-state index contributed by atoms with van der Waals surface area (Å²) < 4.78 is 56.9. The number of aryl methyl sites for hydroxylation is 2. The number of hydrogen-bond acceptors (Lipinski definition) is 7. The Morgan fingerprint density at radius 1 is 1.05 bits per heavy atom. The van der Waals surface area contributed by atoms with Gasteiger partial charge in [-0.25, -0.2) is 14.4 Å². The fraction of sp³-hybridized carbons (Fsp3) is 0.633. The summed E-state index contributed by atoms with van der Waals surface area (Å²) in [6, 6.07) is 3.77. The van der Waals surface area contributed by atoms with E-state index in [1.165, 1.54) is 11.6 Å². The number of hydrogen-bond donors (Lipinski definition) is 0. The Morgan fingerprint density at radius 3 is 2.36 bits per heavy atom. The molecule has 1 amide bonds. The smallest absolute Gasteiger partial charge is 0.403 e. The second-order valence-electron chi connectivity index (χ2n) is 11.9. The highest BCUT2D eigenvalue weighted by Crippen LogP contribution is 2.38. The van der Waals surface area contributed by atoms with Gasteiger partial charge < -0.3 is 14.5 Å². The highest BCUT2D eigenvalue weighted by Gasteiger charge is 2.36. The minimum atomic E-state index is -5.01. The number of carbonyl (C=O) groups is 1. The van der Waals surface area contributed by atoms with Gasteiger partial charge in [-0.3, -0.25) is 14.6 Å². The molecule has 1 aliphatic carbocycles. The normalized spacial score (nSPS) is 21.1. The molecule has 230 valence electrons. The van der Waals surface area contributed by atoms with Gasteiger partial charge in [-0.1, -0.05) is 13.0 Å². The summed E-state index contributed by atoms with van der Waals surface area (Å²) in [6.45, 7) is 14.1. The molecule has 1 aromatic heterocycles. The van der Waals surface area contributed by atoms with Crippen molar-refractivity contribution < 1.29 is 27.1 Å². The van der Waals surface area contributed by atoms with Gasteiger partial charge in [-0.15, -0.1) is 13.2 Å². The van der Waals surface area contributed by atoms with Crippen molar-refractivity contribution in [2.24, 2.45) is 0 Å². The lowest BCUT2D eigenvalue weighted by molar-refractivity contribution is -0.275. The van der Waals surface area contributed by atoms with E-state index in [0.29, 0.717) is 50.2 Å². The zero-order valence-electron chi connectivity index (χ0n) is 24.8. The van der Waals surface area contributed by atoms with Crippen molar-refractivity contribution in [1.29, 1.82) is 0 Å². The second kappa shape index (κ2) is 12.3. The van der Waals surface area contributed by atoms with Crippen LogP contribution in [0.15, 0.2) is 18.2 Å². The molecule has 2 atom stereocenters. The predicted octanol–water partition coefficient (Wildman–Crippen LogP) is 4.33. The number of benzene rings is 1. The minimum Gasteiger partial charge on any atom is -0.403 e. The maximum absolute atomic E-state index is 14.8. The molecule has 2 fully saturated rings. The topological polar surface area (TPSA) is 65.0 Å². The van der Waals surface area contributed by atoms with Gasteiger partial charge in [0.05, 0.1) is 5.92 Å². The van der Waals surface area contributed by atoms with Crippen LogP contribution in [-0.4, -0.2) is 102 Å². The van der Waals surface area contributed by atoms with Crippen LogP contribution in [-0.2, 0) is 11.2 Å². The first-order valence-electron chi connectivity index (χ1n) is 14.8. The minimum absolute atomic E-state index is 0.151. The zero-order chi connectivity index (χ0) is 30.2. The van der Waals surface area contributed by atoms with E-state index in [1.54, 1.807) is 4.90 Å². The number of ether oxygens (including phenoxy) is 1. The third-order valence-electron chi connectivity index (χ3n) is 8.77. The van der Waals surface area contributed by atoms with Crippen LogP contribution in [0.5, 0.6) is 5.75 Å². The molecule has 42 heavy (non-hydrogen) atoms. The van der Waals surface area contributed by atoms with Crippen LogP contribution < -0.4 is 9.64 Å². The van der Waals surface area contributed by atoms with E-state index in [4.69, 9.17) is 4.98 Å². The molecule has 2 aromatic rings. The first kappa shape index (κ1) is 30.5. The fourth-order valence-electron chi connectivity index (χ4n) is 6.40. The van der Waals surface area contributed by atoms with Crippen molar-refractivity contribution in [3.8, 4) is 5.75 Å². The molecule has 3 heterocycles. The molecule has 1 aromatic carbocycles. The standard InChI is InChI=1S/C30H40F4N6O2/c1-19(2)38-11-9-37(10-12-38)18-23(22-6-8-26(24(31)17-22)42-30(32,33)34)29(41)40-15-13-39(14-16-40)28-27-20(3)5-7-25(27)35-21(4)36-28/h6,8,17,19-20,23H,5,7,9-16,18H2,1-4H3/t20-,23-/m1/s1. The molecule has 5 rings (SSSR count). The summed E-state index contributed by atoms with van der Waals surface area (Å²) in [6.07, 6.45) is -3.01. The van der Waals surface area contributed by atoms with Crippen LogP contribution in [0, 0.1) is 12.7 Å². The molecule has 0 radical (unpaired) electrons. The summed E-state index contributed by atoms with van der Waals surface area (Å²) in [5, 5.41) is 0. The maximum Gasteiger partial charge on any atom is 0.573 e. The van der Waals surface area contributed by atoms with E-state index >= 15 is 0 Å². The largest absolute Gasteiger partial charge is 0.573 e. The van der Waals surface area contributed by atoms with Crippen LogP contribution in [0.1, 0.15) is 61.7 Å². The molecule has 0 saturated carbocycles. The quantitative estimate of drug-likeness (QED) is 0.444. The first-order valence-corrected chi connectivity index (χ1v) is 14.8. The summed E-state index contributed by atoms with van der Waals surface area (Å²) in [4.78, 5) is 32.0. The Balaban J connectivity index is 1.33. The van der Waals surface area contributed by atoms with Gasteiger partial charge in [0.15, 0.2) is 11.6 Å². The molecule has 2 aliphatic heterocycles. The molecule has 0 spiro atoms. The number of alkyl halides is 3. The van der Waals surface area contributed by atoms with Gasteiger partial charge in [0.1, 0.15) is 11.6 Å². The van der Waals surface area contributed by atoms with Crippen LogP contribution in [0.3, 0.4) is 0 Å². The number of amides is 1. The number of carbonyl (C=O) groups excluding carboxylic acids is 1. The van der Waals surface area contributed by atoms with Crippen LogP contribution in [0.2, 0.25) is 0 Å². The molecule has 2 saturated heterocycles. The van der Waals surface area contributed by atoms with Gasteiger partial charge in [0, 0.05) is 76.2 Å². The molecule has 8 nitrogen and oxygen atoms in total. The lowest BCUT2D eigenvalue weighted by atomic mass is 9.95. The SMILES string of the molecule is Cc1nc2c(c(N3CCN(C(=O)[C@H](CN4CCN(C(C)C)CC4)c4ccc(OC(F)(F)F)c(F)c4)CC3)n1)[C@H](C)CC2. The average Bonchev–Trinajstić information content (AvgIpc) is 3.31. The van der Waals surface area contributed by atoms with E-state index in [1.807, 2.05) is 6.92 Å². The predicted molar refractivity (Wildman–Crippen MR) is 151 cm³/mol.